The fourth-order valence-corrected chi connectivity index (χ4v) is 3.92. The summed E-state index contributed by atoms with van der Waals surface area (Å²) in [5.41, 5.74) is 1.58. The molecule has 1 amide bonds. The van der Waals surface area contributed by atoms with E-state index in [0.717, 1.165) is 5.56 Å². The molecule has 0 radical (unpaired) electrons. The number of Topliss-reactive ketones (excluding diaryl/α,β-unsaturated/α-hetero) is 1. The molecule has 1 fully saturated rings. The average Bonchev–Trinajstić information content (AvgIpc) is 2.75. The van der Waals surface area contributed by atoms with Crippen LogP contribution in [-0.4, -0.2) is 48.8 Å². The van der Waals surface area contributed by atoms with Crippen molar-refractivity contribution in [2.24, 2.45) is 0 Å². The molecule has 2 aromatic carbocycles. The van der Waals surface area contributed by atoms with E-state index in [0.29, 0.717) is 43.8 Å². The van der Waals surface area contributed by atoms with E-state index in [1.165, 1.54) is 6.92 Å². The fourth-order valence-electron chi connectivity index (χ4n) is 3.92. The van der Waals surface area contributed by atoms with Gasteiger partial charge in [0.25, 0.3) is 0 Å². The molecule has 1 N–H and O–H groups in total. The predicted octanol–water partition coefficient (Wildman–Crippen LogP) is 3.42. The zero-order chi connectivity index (χ0) is 21.6. The Morgan fingerprint density at radius 1 is 1.00 bits per heavy atom. The Labute approximate surface area is 177 Å². The van der Waals surface area contributed by atoms with Gasteiger partial charge in [-0.05, 0) is 56.5 Å². The predicted molar refractivity (Wildman–Crippen MR) is 116 cm³/mol. The maximum absolute atomic E-state index is 12.8. The number of ketones is 1. The van der Waals surface area contributed by atoms with Gasteiger partial charge in [-0.15, -0.1) is 0 Å². The number of nitrogens with one attached hydrogen (secondary N) is 1. The number of benzene rings is 2. The number of carbonyl (C=O) groups excluding carboxylic acids is 3. The van der Waals surface area contributed by atoms with Gasteiger partial charge in [0.1, 0.15) is 0 Å². The van der Waals surface area contributed by atoms with Crippen LogP contribution in [0.15, 0.2) is 54.6 Å². The molecule has 1 aliphatic heterocycles. The van der Waals surface area contributed by atoms with Gasteiger partial charge in [0.05, 0.1) is 18.6 Å². The molecule has 0 atom stereocenters. The zero-order valence-electron chi connectivity index (χ0n) is 17.5. The third-order valence-electron chi connectivity index (χ3n) is 5.64. The van der Waals surface area contributed by atoms with Crippen molar-refractivity contribution in [3.63, 3.8) is 0 Å². The van der Waals surface area contributed by atoms with Crippen LogP contribution in [0.4, 0.5) is 5.69 Å². The standard InChI is InChI=1S/C24H28N2O4/c1-3-30-23(29)24(20-7-5-4-6-8-20)13-15-26(16-14-24)17-22(28)25-21-11-9-19(10-12-21)18(2)27/h4-12H,3,13-17H2,1-2H3,(H,25,28). The molecule has 0 spiro atoms. The number of likely N-dealkylation sites (tertiary alicyclic amines) is 1. The van der Waals surface area contributed by atoms with Crippen molar-refractivity contribution in [1.82, 2.24) is 4.90 Å². The first kappa shape index (κ1) is 21.7. The number of nitrogens with zero attached hydrogens (tertiary/aromatic N) is 1. The number of amides is 1. The second-order valence-corrected chi connectivity index (χ2v) is 7.63. The van der Waals surface area contributed by atoms with Crippen molar-refractivity contribution >= 4 is 23.3 Å². The van der Waals surface area contributed by atoms with Gasteiger partial charge < -0.3 is 10.1 Å². The Morgan fingerprint density at radius 3 is 2.20 bits per heavy atom. The Morgan fingerprint density at radius 2 is 1.63 bits per heavy atom. The molecule has 1 aliphatic rings. The Hall–Kier alpha value is -2.99. The van der Waals surface area contributed by atoms with Crippen LogP contribution in [0.5, 0.6) is 0 Å². The smallest absolute Gasteiger partial charge is 0.316 e. The van der Waals surface area contributed by atoms with Gasteiger partial charge in [-0.25, -0.2) is 0 Å². The van der Waals surface area contributed by atoms with E-state index in [9.17, 15) is 14.4 Å². The molecular weight excluding hydrogens is 380 g/mol. The van der Waals surface area contributed by atoms with E-state index < -0.39 is 5.41 Å². The van der Waals surface area contributed by atoms with Crippen molar-refractivity contribution in [3.05, 3.63) is 65.7 Å². The highest BCUT2D eigenvalue weighted by molar-refractivity contribution is 5.96. The highest BCUT2D eigenvalue weighted by atomic mass is 16.5. The molecule has 2 aromatic rings. The summed E-state index contributed by atoms with van der Waals surface area (Å²) in [6, 6.07) is 16.6. The molecule has 0 unspecified atom stereocenters. The lowest BCUT2D eigenvalue weighted by atomic mass is 9.72. The average molecular weight is 408 g/mol. The quantitative estimate of drug-likeness (QED) is 0.561. The van der Waals surface area contributed by atoms with Gasteiger partial charge in [-0.3, -0.25) is 19.3 Å². The molecule has 6 nitrogen and oxygen atoms in total. The molecule has 1 heterocycles. The second-order valence-electron chi connectivity index (χ2n) is 7.63. The van der Waals surface area contributed by atoms with E-state index in [-0.39, 0.29) is 24.2 Å². The van der Waals surface area contributed by atoms with Crippen LogP contribution in [0.2, 0.25) is 0 Å². The number of rotatable bonds is 7. The summed E-state index contributed by atoms with van der Waals surface area (Å²) in [5.74, 6) is -0.315. The summed E-state index contributed by atoms with van der Waals surface area (Å²) in [4.78, 5) is 38.7. The monoisotopic (exact) mass is 408 g/mol. The van der Waals surface area contributed by atoms with Crippen LogP contribution in [0.3, 0.4) is 0 Å². The van der Waals surface area contributed by atoms with Crippen molar-refractivity contribution in [2.45, 2.75) is 32.1 Å². The Kier molecular flexibility index (Phi) is 7.00. The molecule has 0 bridgehead atoms. The molecule has 6 heteroatoms. The topological polar surface area (TPSA) is 75.7 Å². The minimum atomic E-state index is -0.660. The summed E-state index contributed by atoms with van der Waals surface area (Å²) in [6.07, 6.45) is 1.22. The third-order valence-corrected chi connectivity index (χ3v) is 5.64. The van der Waals surface area contributed by atoms with Gasteiger partial charge in [0, 0.05) is 24.3 Å². The van der Waals surface area contributed by atoms with Crippen LogP contribution >= 0.6 is 0 Å². The van der Waals surface area contributed by atoms with Crippen LogP contribution in [-0.2, 0) is 19.7 Å². The minimum absolute atomic E-state index is 0.00954. The largest absolute Gasteiger partial charge is 0.465 e. The van der Waals surface area contributed by atoms with Crippen LogP contribution in [0.25, 0.3) is 0 Å². The molecule has 0 saturated carbocycles. The molecule has 0 aliphatic carbocycles. The van der Waals surface area contributed by atoms with Gasteiger partial charge in [-0.2, -0.15) is 0 Å². The number of hydrogen-bond donors (Lipinski definition) is 1. The minimum Gasteiger partial charge on any atom is -0.465 e. The Balaban J connectivity index is 1.61. The lowest BCUT2D eigenvalue weighted by Gasteiger charge is -2.40. The number of anilines is 1. The summed E-state index contributed by atoms with van der Waals surface area (Å²) in [7, 11) is 0. The zero-order valence-corrected chi connectivity index (χ0v) is 17.5. The van der Waals surface area contributed by atoms with E-state index in [4.69, 9.17) is 4.74 Å². The van der Waals surface area contributed by atoms with Gasteiger partial charge in [0.15, 0.2) is 5.78 Å². The summed E-state index contributed by atoms with van der Waals surface area (Å²) in [6.45, 7) is 5.19. The highest BCUT2D eigenvalue weighted by Gasteiger charge is 2.44. The van der Waals surface area contributed by atoms with Gasteiger partial charge >= 0.3 is 5.97 Å². The van der Waals surface area contributed by atoms with Gasteiger partial charge in [-0.1, -0.05) is 30.3 Å². The maximum Gasteiger partial charge on any atom is 0.316 e. The van der Waals surface area contributed by atoms with Crippen molar-refractivity contribution in [3.8, 4) is 0 Å². The van der Waals surface area contributed by atoms with Crippen LogP contribution < -0.4 is 5.32 Å². The molecule has 3 rings (SSSR count). The number of piperidine rings is 1. The number of carbonyl (C=O) groups is 3. The molecule has 30 heavy (non-hydrogen) atoms. The van der Waals surface area contributed by atoms with E-state index in [1.54, 1.807) is 24.3 Å². The lowest BCUT2D eigenvalue weighted by molar-refractivity contribution is -0.152. The number of esters is 1. The first-order valence-electron chi connectivity index (χ1n) is 10.3. The van der Waals surface area contributed by atoms with Crippen molar-refractivity contribution in [2.75, 3.05) is 31.6 Å². The summed E-state index contributed by atoms with van der Waals surface area (Å²) < 4.78 is 5.40. The normalized spacial score (nSPS) is 15.9. The lowest BCUT2D eigenvalue weighted by Crippen LogP contribution is -2.49. The van der Waals surface area contributed by atoms with E-state index in [1.807, 2.05) is 37.3 Å². The van der Waals surface area contributed by atoms with E-state index in [2.05, 4.69) is 10.2 Å². The second kappa shape index (κ2) is 9.67. The van der Waals surface area contributed by atoms with Crippen LogP contribution in [0, 0.1) is 0 Å². The Bertz CT molecular complexity index is 885. The molecular formula is C24H28N2O4. The highest BCUT2D eigenvalue weighted by Crippen LogP contribution is 2.36. The number of ether oxygens (including phenoxy) is 1. The van der Waals surface area contributed by atoms with Crippen molar-refractivity contribution in [1.29, 1.82) is 0 Å². The fraction of sp³-hybridized carbons (Fsp3) is 0.375. The van der Waals surface area contributed by atoms with Gasteiger partial charge in [0.2, 0.25) is 5.91 Å². The maximum atomic E-state index is 12.8. The molecule has 158 valence electrons. The van der Waals surface area contributed by atoms with Crippen LogP contribution in [0.1, 0.15) is 42.6 Å². The van der Waals surface area contributed by atoms with E-state index >= 15 is 0 Å². The molecule has 0 aromatic heterocycles. The first-order chi connectivity index (χ1) is 14.4. The SMILES string of the molecule is CCOC(=O)C1(c2ccccc2)CCN(CC(=O)Nc2ccc(C(C)=O)cc2)CC1. The summed E-state index contributed by atoms with van der Waals surface area (Å²) in [5, 5.41) is 2.87. The third kappa shape index (κ3) is 4.94. The van der Waals surface area contributed by atoms with Crippen molar-refractivity contribution < 1.29 is 19.1 Å². The summed E-state index contributed by atoms with van der Waals surface area (Å²) >= 11 is 0. The first-order valence-corrected chi connectivity index (χ1v) is 10.3. The molecule has 1 saturated heterocycles. The number of hydrogen-bond acceptors (Lipinski definition) is 5.